The van der Waals surface area contributed by atoms with Gasteiger partial charge in [0.1, 0.15) is 0 Å². The van der Waals surface area contributed by atoms with Crippen molar-refractivity contribution in [3.05, 3.63) is 0 Å². The maximum Gasteiger partial charge on any atom is 0.218 e. The predicted molar refractivity (Wildman–Crippen MR) is 28.9 cm³/mol. The Morgan fingerprint density at radius 1 is 1.56 bits per heavy atom. The number of rotatable bonds is 0. The van der Waals surface area contributed by atoms with Gasteiger partial charge in [-0.1, -0.05) is 0 Å². The minimum Gasteiger partial charge on any atom is -0.343 e. The van der Waals surface area contributed by atoms with E-state index in [1.807, 2.05) is 0 Å². The molecule has 2 heterocycles. The van der Waals surface area contributed by atoms with Crippen molar-refractivity contribution in [2.75, 3.05) is 6.61 Å². The van der Waals surface area contributed by atoms with Crippen LogP contribution < -0.4 is 0 Å². The summed E-state index contributed by atoms with van der Waals surface area (Å²) < 4.78 is 10.2. The average molecular weight is 128 g/mol. The molecule has 2 bridgehead atoms. The molecule has 0 aromatic carbocycles. The van der Waals surface area contributed by atoms with Gasteiger partial charge in [0.2, 0.25) is 6.29 Å². The van der Waals surface area contributed by atoms with Crippen LogP contribution in [0.4, 0.5) is 0 Å². The van der Waals surface area contributed by atoms with E-state index in [1.54, 1.807) is 0 Å². The molecule has 2 fully saturated rings. The first-order valence-corrected chi connectivity index (χ1v) is 3.16. The number of Topliss-reactive ketones (excluding diaryl/α,β-unsaturated/α-hetero) is 1. The number of carbonyl (C=O) groups is 1. The standard InChI is InChI=1S/C6H8O3/c7-5-2-1-4-3-8-6(5)9-4/h4,6H,1-3H2/t4-,6-/m0/s1. The molecule has 0 radical (unpaired) electrons. The zero-order chi connectivity index (χ0) is 6.27. The van der Waals surface area contributed by atoms with E-state index < -0.39 is 6.29 Å². The SMILES string of the molecule is O=C1CC[C@H]2CO[C@H]1O2. The van der Waals surface area contributed by atoms with Crippen LogP contribution in [0.3, 0.4) is 0 Å². The minimum absolute atomic E-state index is 0.101. The molecule has 2 atom stereocenters. The summed E-state index contributed by atoms with van der Waals surface area (Å²) in [7, 11) is 0. The minimum atomic E-state index is -0.510. The molecule has 2 saturated heterocycles. The number of carbonyl (C=O) groups excluding carboxylic acids is 1. The zero-order valence-electron chi connectivity index (χ0n) is 5.00. The highest BCUT2D eigenvalue weighted by atomic mass is 16.7. The molecule has 0 saturated carbocycles. The van der Waals surface area contributed by atoms with E-state index in [2.05, 4.69) is 0 Å². The Kier molecular flexibility index (Phi) is 1.07. The van der Waals surface area contributed by atoms with Gasteiger partial charge in [0.05, 0.1) is 12.7 Å². The second-order valence-corrected chi connectivity index (χ2v) is 2.43. The molecular weight excluding hydrogens is 120 g/mol. The molecular formula is C6H8O3. The van der Waals surface area contributed by atoms with E-state index in [0.29, 0.717) is 13.0 Å². The topological polar surface area (TPSA) is 35.5 Å². The summed E-state index contributed by atoms with van der Waals surface area (Å²) >= 11 is 0. The van der Waals surface area contributed by atoms with Crippen molar-refractivity contribution in [3.8, 4) is 0 Å². The van der Waals surface area contributed by atoms with Crippen molar-refractivity contribution >= 4 is 5.78 Å². The van der Waals surface area contributed by atoms with Crippen LogP contribution in [0.2, 0.25) is 0 Å². The van der Waals surface area contributed by atoms with Crippen LogP contribution in [0.5, 0.6) is 0 Å². The molecule has 0 aromatic heterocycles. The van der Waals surface area contributed by atoms with Crippen LogP contribution in [0.1, 0.15) is 12.8 Å². The second kappa shape index (κ2) is 1.78. The summed E-state index contributed by atoms with van der Waals surface area (Å²) in [5, 5.41) is 0. The van der Waals surface area contributed by atoms with E-state index in [9.17, 15) is 4.79 Å². The Morgan fingerprint density at radius 3 is 3.22 bits per heavy atom. The van der Waals surface area contributed by atoms with Gasteiger partial charge in [-0.25, -0.2) is 0 Å². The fourth-order valence-electron chi connectivity index (χ4n) is 1.19. The van der Waals surface area contributed by atoms with E-state index in [4.69, 9.17) is 9.47 Å². The van der Waals surface area contributed by atoms with Crippen LogP contribution in [-0.2, 0) is 14.3 Å². The van der Waals surface area contributed by atoms with E-state index in [0.717, 1.165) is 6.42 Å². The van der Waals surface area contributed by atoms with Crippen molar-refractivity contribution in [1.82, 2.24) is 0 Å². The molecule has 2 aliphatic rings. The van der Waals surface area contributed by atoms with Gasteiger partial charge < -0.3 is 9.47 Å². The largest absolute Gasteiger partial charge is 0.343 e. The lowest BCUT2D eigenvalue weighted by Gasteiger charge is -2.15. The van der Waals surface area contributed by atoms with Gasteiger partial charge in [-0.3, -0.25) is 4.79 Å². The molecule has 0 spiro atoms. The fraction of sp³-hybridized carbons (Fsp3) is 0.833. The molecule has 50 valence electrons. The maximum atomic E-state index is 10.8. The Morgan fingerprint density at radius 2 is 2.44 bits per heavy atom. The lowest BCUT2D eigenvalue weighted by Crippen LogP contribution is -2.27. The van der Waals surface area contributed by atoms with E-state index in [1.165, 1.54) is 0 Å². The number of hydrogen-bond donors (Lipinski definition) is 0. The molecule has 9 heavy (non-hydrogen) atoms. The summed E-state index contributed by atoms with van der Waals surface area (Å²) in [6, 6.07) is 0. The van der Waals surface area contributed by atoms with Gasteiger partial charge in [-0.2, -0.15) is 0 Å². The Labute approximate surface area is 52.9 Å². The van der Waals surface area contributed by atoms with Gasteiger partial charge in [0.25, 0.3) is 0 Å². The van der Waals surface area contributed by atoms with Crippen LogP contribution in [-0.4, -0.2) is 24.8 Å². The van der Waals surface area contributed by atoms with E-state index in [-0.39, 0.29) is 11.9 Å². The summed E-state index contributed by atoms with van der Waals surface area (Å²) in [5.41, 5.74) is 0. The Balaban J connectivity index is 2.14. The van der Waals surface area contributed by atoms with Crippen LogP contribution in [0.15, 0.2) is 0 Å². The number of fused-ring (bicyclic) bond motifs is 2. The average Bonchev–Trinajstić information content (AvgIpc) is 2.25. The van der Waals surface area contributed by atoms with Crippen molar-refractivity contribution in [1.29, 1.82) is 0 Å². The monoisotopic (exact) mass is 128 g/mol. The lowest BCUT2D eigenvalue weighted by atomic mass is 10.1. The van der Waals surface area contributed by atoms with Crippen molar-refractivity contribution in [2.45, 2.75) is 25.2 Å². The van der Waals surface area contributed by atoms with Crippen LogP contribution in [0.25, 0.3) is 0 Å². The fourth-order valence-corrected chi connectivity index (χ4v) is 1.19. The first kappa shape index (κ1) is 5.38. The molecule has 0 N–H and O–H groups in total. The third-order valence-electron chi connectivity index (χ3n) is 1.73. The third-order valence-corrected chi connectivity index (χ3v) is 1.73. The van der Waals surface area contributed by atoms with Crippen molar-refractivity contribution < 1.29 is 14.3 Å². The maximum absolute atomic E-state index is 10.8. The van der Waals surface area contributed by atoms with Gasteiger partial charge >= 0.3 is 0 Å². The summed E-state index contributed by atoms with van der Waals surface area (Å²) in [6.45, 7) is 0.608. The molecule has 3 heteroatoms. The summed E-state index contributed by atoms with van der Waals surface area (Å²) in [5.74, 6) is 0.101. The quantitative estimate of drug-likeness (QED) is 0.464. The van der Waals surface area contributed by atoms with Gasteiger partial charge in [-0.15, -0.1) is 0 Å². The van der Waals surface area contributed by atoms with Gasteiger partial charge in [0, 0.05) is 6.42 Å². The number of hydrogen-bond acceptors (Lipinski definition) is 3. The normalized spacial score (nSPS) is 41.6. The van der Waals surface area contributed by atoms with E-state index >= 15 is 0 Å². The first-order valence-electron chi connectivity index (χ1n) is 3.16. The molecule has 2 rings (SSSR count). The summed E-state index contributed by atoms with van der Waals surface area (Å²) in [6.07, 6.45) is 1.17. The Hall–Kier alpha value is -0.410. The number of ketones is 1. The highest BCUT2D eigenvalue weighted by molar-refractivity contribution is 5.82. The first-order chi connectivity index (χ1) is 4.36. The predicted octanol–water partition coefficient (Wildman–Crippen LogP) is 0.0908. The molecule has 3 nitrogen and oxygen atoms in total. The smallest absolute Gasteiger partial charge is 0.218 e. The molecule has 2 aliphatic heterocycles. The lowest BCUT2D eigenvalue weighted by molar-refractivity contribution is -0.152. The zero-order valence-corrected chi connectivity index (χ0v) is 5.00. The molecule has 0 amide bonds. The number of ether oxygens (including phenoxy) is 2. The third kappa shape index (κ3) is 0.767. The molecule has 0 aromatic rings. The highest BCUT2D eigenvalue weighted by Gasteiger charge is 2.36. The summed E-state index contributed by atoms with van der Waals surface area (Å²) in [4.78, 5) is 10.8. The Bertz CT molecular complexity index is 143. The molecule has 0 unspecified atom stereocenters. The molecule has 0 aliphatic carbocycles. The second-order valence-electron chi connectivity index (χ2n) is 2.43. The van der Waals surface area contributed by atoms with Gasteiger partial charge in [0.15, 0.2) is 5.78 Å². The highest BCUT2D eigenvalue weighted by Crippen LogP contribution is 2.23. The van der Waals surface area contributed by atoms with Crippen molar-refractivity contribution in [3.63, 3.8) is 0 Å². The van der Waals surface area contributed by atoms with Crippen LogP contribution in [0, 0.1) is 0 Å². The van der Waals surface area contributed by atoms with Crippen molar-refractivity contribution in [2.24, 2.45) is 0 Å². The van der Waals surface area contributed by atoms with Gasteiger partial charge in [-0.05, 0) is 6.42 Å². The van der Waals surface area contributed by atoms with Crippen LogP contribution >= 0.6 is 0 Å².